The van der Waals surface area contributed by atoms with Crippen LogP contribution < -0.4 is 0 Å². The van der Waals surface area contributed by atoms with Gasteiger partial charge in [-0.1, -0.05) is 24.3 Å². The number of carbonyl (C=O) groups excluding carboxylic acids is 1. The van der Waals surface area contributed by atoms with Crippen LogP contribution in [0.1, 0.15) is 53.9 Å². The molecule has 0 spiro atoms. The third-order valence-electron chi connectivity index (χ3n) is 3.39. The number of hydrogen-bond acceptors (Lipinski definition) is 3. The summed E-state index contributed by atoms with van der Waals surface area (Å²) in [6.07, 6.45) is 9.79. The Morgan fingerprint density at radius 2 is 2.00 bits per heavy atom. The van der Waals surface area contributed by atoms with Crippen LogP contribution in [0.25, 0.3) is 0 Å². The first-order chi connectivity index (χ1) is 9.70. The average Bonchev–Trinajstić information content (AvgIpc) is 2.32. The van der Waals surface area contributed by atoms with Crippen LogP contribution in [0.3, 0.4) is 0 Å². The SMILES string of the molecule is C[C@H](O)/C=C\C=C\[C@@H]1CCC[C@H](C)N1C(=O)OC(C)(C)C. The molecule has 1 amide bonds. The average molecular weight is 295 g/mol. The van der Waals surface area contributed by atoms with Crippen LogP contribution in [0.5, 0.6) is 0 Å². The number of nitrogens with zero attached hydrogens (tertiary/aromatic N) is 1. The van der Waals surface area contributed by atoms with E-state index in [4.69, 9.17) is 4.74 Å². The Labute approximate surface area is 128 Å². The highest BCUT2D eigenvalue weighted by molar-refractivity contribution is 5.69. The molecule has 1 N–H and O–H groups in total. The summed E-state index contributed by atoms with van der Waals surface area (Å²) in [6, 6.07) is 0.242. The maximum Gasteiger partial charge on any atom is 0.411 e. The summed E-state index contributed by atoms with van der Waals surface area (Å²) in [6.45, 7) is 9.43. The molecule has 21 heavy (non-hydrogen) atoms. The van der Waals surface area contributed by atoms with Gasteiger partial charge in [0.05, 0.1) is 12.1 Å². The van der Waals surface area contributed by atoms with Crippen molar-refractivity contribution in [2.45, 2.75) is 77.7 Å². The van der Waals surface area contributed by atoms with Crippen LogP contribution in [0, 0.1) is 0 Å². The van der Waals surface area contributed by atoms with Gasteiger partial charge in [-0.25, -0.2) is 4.79 Å². The molecule has 1 rings (SSSR count). The molecule has 1 heterocycles. The van der Waals surface area contributed by atoms with Crippen LogP contribution in [0.4, 0.5) is 4.79 Å². The van der Waals surface area contributed by atoms with E-state index in [-0.39, 0.29) is 18.2 Å². The van der Waals surface area contributed by atoms with E-state index in [1.54, 1.807) is 13.0 Å². The number of aliphatic hydroxyl groups is 1. The van der Waals surface area contributed by atoms with Gasteiger partial charge in [0.2, 0.25) is 0 Å². The van der Waals surface area contributed by atoms with Gasteiger partial charge >= 0.3 is 6.09 Å². The van der Waals surface area contributed by atoms with Crippen LogP contribution in [0.15, 0.2) is 24.3 Å². The number of hydrogen-bond donors (Lipinski definition) is 1. The second kappa shape index (κ2) is 7.64. The third kappa shape index (κ3) is 6.34. The first kappa shape index (κ1) is 17.8. The van der Waals surface area contributed by atoms with E-state index in [0.29, 0.717) is 0 Å². The van der Waals surface area contributed by atoms with Gasteiger partial charge in [-0.15, -0.1) is 0 Å². The van der Waals surface area contributed by atoms with E-state index < -0.39 is 11.7 Å². The Balaban J connectivity index is 2.77. The molecule has 1 fully saturated rings. The molecule has 1 aliphatic rings. The summed E-state index contributed by atoms with van der Waals surface area (Å²) >= 11 is 0. The Kier molecular flexibility index (Phi) is 6.46. The van der Waals surface area contributed by atoms with Gasteiger partial charge in [0.25, 0.3) is 0 Å². The van der Waals surface area contributed by atoms with E-state index in [2.05, 4.69) is 6.92 Å². The second-order valence-electron chi connectivity index (χ2n) is 6.75. The van der Waals surface area contributed by atoms with Crippen LogP contribution in [-0.4, -0.2) is 39.9 Å². The van der Waals surface area contributed by atoms with E-state index >= 15 is 0 Å². The number of aliphatic hydroxyl groups excluding tert-OH is 1. The predicted molar refractivity (Wildman–Crippen MR) is 85.1 cm³/mol. The standard InChI is InChI=1S/C17H29NO3/c1-13-9-8-12-15(11-7-6-10-14(2)19)18(13)16(20)21-17(3,4)5/h6-7,10-11,13-15,19H,8-9,12H2,1-5H3/b10-6-,11-7+/t13-,14-,15+/m0/s1. The molecule has 0 aliphatic carbocycles. The van der Waals surface area contributed by atoms with E-state index in [1.165, 1.54) is 0 Å². The maximum absolute atomic E-state index is 12.4. The number of carbonyl (C=O) groups is 1. The van der Waals surface area contributed by atoms with E-state index in [0.717, 1.165) is 19.3 Å². The fourth-order valence-electron chi connectivity index (χ4n) is 2.46. The summed E-state index contributed by atoms with van der Waals surface area (Å²) in [5, 5.41) is 9.19. The van der Waals surface area contributed by atoms with Gasteiger partial charge in [0.15, 0.2) is 0 Å². The fourth-order valence-corrected chi connectivity index (χ4v) is 2.46. The van der Waals surface area contributed by atoms with Gasteiger partial charge in [-0.3, -0.25) is 4.90 Å². The molecule has 0 aromatic carbocycles. The largest absolute Gasteiger partial charge is 0.444 e. The lowest BCUT2D eigenvalue weighted by Gasteiger charge is -2.39. The van der Waals surface area contributed by atoms with E-state index in [1.807, 2.05) is 43.9 Å². The Morgan fingerprint density at radius 3 is 2.57 bits per heavy atom. The zero-order chi connectivity index (χ0) is 16.0. The summed E-state index contributed by atoms with van der Waals surface area (Å²) in [5.41, 5.74) is -0.477. The summed E-state index contributed by atoms with van der Waals surface area (Å²) in [4.78, 5) is 14.2. The van der Waals surface area contributed by atoms with Gasteiger partial charge in [-0.2, -0.15) is 0 Å². The summed E-state index contributed by atoms with van der Waals surface area (Å²) in [5.74, 6) is 0. The molecule has 4 heteroatoms. The lowest BCUT2D eigenvalue weighted by Crippen LogP contribution is -2.49. The molecule has 0 saturated carbocycles. The summed E-state index contributed by atoms with van der Waals surface area (Å²) < 4.78 is 5.52. The predicted octanol–water partition coefficient (Wildman–Crippen LogP) is 3.66. The van der Waals surface area contributed by atoms with Crippen molar-refractivity contribution in [3.63, 3.8) is 0 Å². The Bertz CT molecular complexity index is 393. The molecular weight excluding hydrogens is 266 g/mol. The quantitative estimate of drug-likeness (QED) is 0.808. The van der Waals surface area contributed by atoms with Crippen LogP contribution >= 0.6 is 0 Å². The van der Waals surface area contributed by atoms with Crippen molar-refractivity contribution in [1.29, 1.82) is 0 Å². The minimum Gasteiger partial charge on any atom is -0.444 e. The fraction of sp³-hybridized carbons (Fsp3) is 0.706. The Morgan fingerprint density at radius 1 is 1.33 bits per heavy atom. The lowest BCUT2D eigenvalue weighted by molar-refractivity contribution is 0.00361. The van der Waals surface area contributed by atoms with Gasteiger partial charge in [0.1, 0.15) is 5.60 Å². The monoisotopic (exact) mass is 295 g/mol. The minimum absolute atomic E-state index is 0.0576. The number of likely N-dealkylation sites (tertiary alicyclic amines) is 1. The number of ether oxygens (including phenoxy) is 1. The smallest absolute Gasteiger partial charge is 0.411 e. The van der Waals surface area contributed by atoms with Crippen molar-refractivity contribution in [2.75, 3.05) is 0 Å². The topological polar surface area (TPSA) is 49.8 Å². The molecule has 4 nitrogen and oxygen atoms in total. The molecule has 0 radical (unpaired) electrons. The van der Waals surface area contributed by atoms with Crippen molar-refractivity contribution in [3.8, 4) is 0 Å². The zero-order valence-corrected chi connectivity index (χ0v) is 13.9. The van der Waals surface area contributed by atoms with Gasteiger partial charge in [0, 0.05) is 6.04 Å². The number of piperidine rings is 1. The maximum atomic E-state index is 12.4. The molecule has 1 aliphatic heterocycles. The number of allylic oxidation sites excluding steroid dienone is 2. The molecule has 120 valence electrons. The highest BCUT2D eigenvalue weighted by Crippen LogP contribution is 2.26. The van der Waals surface area contributed by atoms with E-state index in [9.17, 15) is 9.90 Å². The normalized spacial score (nSPS) is 25.5. The van der Waals surface area contributed by atoms with Crippen molar-refractivity contribution in [3.05, 3.63) is 24.3 Å². The number of rotatable bonds is 3. The minimum atomic E-state index is -0.477. The lowest BCUT2D eigenvalue weighted by atomic mass is 9.96. The van der Waals surface area contributed by atoms with Crippen molar-refractivity contribution >= 4 is 6.09 Å². The molecule has 0 bridgehead atoms. The Hall–Kier alpha value is -1.29. The second-order valence-corrected chi connectivity index (χ2v) is 6.75. The highest BCUT2D eigenvalue weighted by atomic mass is 16.6. The van der Waals surface area contributed by atoms with Crippen molar-refractivity contribution in [1.82, 2.24) is 4.90 Å². The van der Waals surface area contributed by atoms with Gasteiger partial charge < -0.3 is 9.84 Å². The first-order valence-electron chi connectivity index (χ1n) is 7.75. The number of amides is 1. The molecular formula is C17H29NO3. The zero-order valence-electron chi connectivity index (χ0n) is 13.9. The summed E-state index contributed by atoms with van der Waals surface area (Å²) in [7, 11) is 0. The van der Waals surface area contributed by atoms with Crippen molar-refractivity contribution in [2.24, 2.45) is 0 Å². The van der Waals surface area contributed by atoms with Gasteiger partial charge in [-0.05, 0) is 53.9 Å². The molecule has 0 unspecified atom stereocenters. The third-order valence-corrected chi connectivity index (χ3v) is 3.39. The van der Waals surface area contributed by atoms with Crippen LogP contribution in [-0.2, 0) is 4.74 Å². The van der Waals surface area contributed by atoms with Crippen LogP contribution in [0.2, 0.25) is 0 Å². The molecule has 0 aromatic heterocycles. The highest BCUT2D eigenvalue weighted by Gasteiger charge is 2.33. The molecule has 0 aromatic rings. The molecule has 1 saturated heterocycles. The molecule has 3 atom stereocenters. The first-order valence-corrected chi connectivity index (χ1v) is 7.75. The van der Waals surface area contributed by atoms with Crippen molar-refractivity contribution < 1.29 is 14.6 Å².